The van der Waals surface area contributed by atoms with Gasteiger partial charge in [-0.25, -0.2) is 4.98 Å². The number of anilines is 1. The molecule has 1 aromatic heterocycles. The van der Waals surface area contributed by atoms with Gasteiger partial charge in [-0.3, -0.25) is 4.79 Å². The van der Waals surface area contributed by atoms with E-state index >= 15 is 0 Å². The maximum atomic E-state index is 11.9. The molecular formula is C15H20N4OS. The van der Waals surface area contributed by atoms with Crippen molar-refractivity contribution in [1.82, 2.24) is 9.88 Å². The molecule has 1 aromatic rings. The first-order valence-electron chi connectivity index (χ1n) is 7.38. The topological polar surface area (TPSA) is 62.5 Å². The van der Waals surface area contributed by atoms with Gasteiger partial charge in [0.2, 0.25) is 5.91 Å². The Labute approximate surface area is 130 Å². The molecule has 2 heterocycles. The normalized spacial score (nSPS) is 18.6. The molecule has 0 saturated carbocycles. The van der Waals surface area contributed by atoms with Gasteiger partial charge in [0, 0.05) is 25.8 Å². The van der Waals surface area contributed by atoms with Crippen LogP contribution in [0.5, 0.6) is 0 Å². The van der Waals surface area contributed by atoms with Gasteiger partial charge in [0.1, 0.15) is 10.8 Å². The van der Waals surface area contributed by atoms with E-state index in [-0.39, 0.29) is 5.91 Å². The zero-order chi connectivity index (χ0) is 15.0. The Morgan fingerprint density at radius 3 is 2.81 bits per heavy atom. The van der Waals surface area contributed by atoms with E-state index in [0.717, 1.165) is 36.5 Å². The molecule has 0 spiro atoms. The fraction of sp³-hybridized carbons (Fsp3) is 0.533. The van der Waals surface area contributed by atoms with Crippen LogP contribution in [0.2, 0.25) is 0 Å². The van der Waals surface area contributed by atoms with Crippen LogP contribution in [0.4, 0.5) is 5.82 Å². The predicted molar refractivity (Wildman–Crippen MR) is 86.6 cm³/mol. The summed E-state index contributed by atoms with van der Waals surface area (Å²) in [5.74, 6) is 0.888. The summed E-state index contributed by atoms with van der Waals surface area (Å²) in [6.07, 6.45) is 4.41. The van der Waals surface area contributed by atoms with Crippen LogP contribution in [-0.2, 0) is 17.6 Å². The van der Waals surface area contributed by atoms with Crippen LogP contribution >= 0.6 is 12.2 Å². The summed E-state index contributed by atoms with van der Waals surface area (Å²) >= 11 is 5.19. The van der Waals surface area contributed by atoms with Crippen LogP contribution in [0.3, 0.4) is 0 Å². The Hall–Kier alpha value is -1.69. The number of thiocarbonyl (C=S) groups is 1. The van der Waals surface area contributed by atoms with Gasteiger partial charge in [-0.2, -0.15) is 0 Å². The molecule has 1 aliphatic heterocycles. The number of piperazine rings is 1. The second-order valence-corrected chi connectivity index (χ2v) is 6.21. The highest BCUT2D eigenvalue weighted by Crippen LogP contribution is 2.27. The molecular weight excluding hydrogens is 284 g/mol. The van der Waals surface area contributed by atoms with Crippen molar-refractivity contribution in [1.29, 1.82) is 0 Å². The number of aryl methyl sites for hydroxylation is 2. The number of fused-ring (bicyclic) bond motifs is 1. The number of pyridine rings is 1. The molecule has 1 saturated heterocycles. The third-order valence-electron chi connectivity index (χ3n) is 4.30. The second-order valence-electron chi connectivity index (χ2n) is 5.77. The lowest BCUT2D eigenvalue weighted by Gasteiger charge is -2.34. The first kappa shape index (κ1) is 14.3. The number of aromatic nitrogens is 1. The number of amides is 1. The van der Waals surface area contributed by atoms with Crippen LogP contribution in [-0.4, -0.2) is 47.5 Å². The Bertz CT molecular complexity index is 602. The molecule has 1 fully saturated rings. The number of nitrogens with zero attached hydrogens (tertiary/aromatic N) is 3. The molecule has 0 atom stereocenters. The molecule has 5 nitrogen and oxygen atoms in total. The summed E-state index contributed by atoms with van der Waals surface area (Å²) < 4.78 is 0. The molecule has 0 unspecified atom stereocenters. The predicted octanol–water partition coefficient (Wildman–Crippen LogP) is 0.873. The van der Waals surface area contributed by atoms with E-state index in [2.05, 4.69) is 6.07 Å². The molecule has 0 aromatic carbocycles. The van der Waals surface area contributed by atoms with Gasteiger partial charge >= 0.3 is 0 Å². The monoisotopic (exact) mass is 304 g/mol. The Kier molecular flexibility index (Phi) is 3.80. The van der Waals surface area contributed by atoms with Crippen molar-refractivity contribution < 1.29 is 4.79 Å². The Balaban J connectivity index is 2.00. The molecule has 1 amide bonds. The van der Waals surface area contributed by atoms with Gasteiger partial charge in [-0.1, -0.05) is 12.2 Å². The van der Waals surface area contributed by atoms with E-state index in [4.69, 9.17) is 22.9 Å². The number of hydrogen-bond donors (Lipinski definition) is 1. The minimum atomic E-state index is 0.106. The van der Waals surface area contributed by atoms with Crippen molar-refractivity contribution in [2.24, 2.45) is 5.73 Å². The largest absolute Gasteiger partial charge is 0.389 e. The second kappa shape index (κ2) is 5.60. The fourth-order valence-corrected chi connectivity index (χ4v) is 3.13. The average Bonchev–Trinajstić information content (AvgIpc) is 2.48. The van der Waals surface area contributed by atoms with Crippen molar-refractivity contribution in [3.05, 3.63) is 22.9 Å². The fourth-order valence-electron chi connectivity index (χ4n) is 2.98. The van der Waals surface area contributed by atoms with Crippen LogP contribution < -0.4 is 10.6 Å². The lowest BCUT2D eigenvalue weighted by molar-refractivity contribution is -0.129. The summed E-state index contributed by atoms with van der Waals surface area (Å²) in [5.41, 5.74) is 9.09. The average molecular weight is 304 g/mol. The third kappa shape index (κ3) is 2.72. The van der Waals surface area contributed by atoms with Gasteiger partial charge in [-0.05, 0) is 37.3 Å². The van der Waals surface area contributed by atoms with Gasteiger partial charge < -0.3 is 15.5 Å². The van der Waals surface area contributed by atoms with Crippen molar-refractivity contribution in [3.8, 4) is 0 Å². The van der Waals surface area contributed by atoms with E-state index in [1.165, 1.54) is 18.4 Å². The van der Waals surface area contributed by atoms with Gasteiger partial charge in [0.05, 0.1) is 12.1 Å². The van der Waals surface area contributed by atoms with E-state index in [1.54, 1.807) is 4.90 Å². The number of carbonyl (C=O) groups is 1. The van der Waals surface area contributed by atoms with E-state index in [9.17, 15) is 4.79 Å². The number of likely N-dealkylation sites (N-methyl/N-ethyl adjacent to an activating group) is 1. The SMILES string of the molecule is CN1CCN(c2nc3c(cc2C(N)=S)CCCC3)CC1=O. The van der Waals surface area contributed by atoms with Crippen LogP contribution in [0, 0.1) is 0 Å². The standard InChI is InChI=1S/C15H20N4OS/c1-18-6-7-19(9-13(18)20)15-11(14(16)21)8-10-4-2-3-5-12(10)17-15/h8H,2-7,9H2,1H3,(H2,16,21). The summed E-state index contributed by atoms with van der Waals surface area (Å²) in [5, 5.41) is 0. The summed E-state index contributed by atoms with van der Waals surface area (Å²) in [6, 6.07) is 2.09. The lowest BCUT2D eigenvalue weighted by Crippen LogP contribution is -2.49. The van der Waals surface area contributed by atoms with Crippen LogP contribution in [0.1, 0.15) is 29.7 Å². The van der Waals surface area contributed by atoms with Gasteiger partial charge in [0.15, 0.2) is 0 Å². The number of hydrogen-bond acceptors (Lipinski definition) is 4. The molecule has 1 aliphatic carbocycles. The van der Waals surface area contributed by atoms with E-state index < -0.39 is 0 Å². The van der Waals surface area contributed by atoms with Crippen molar-refractivity contribution in [2.75, 3.05) is 31.6 Å². The third-order valence-corrected chi connectivity index (χ3v) is 4.52. The van der Waals surface area contributed by atoms with Crippen LogP contribution in [0.25, 0.3) is 0 Å². The number of nitrogens with two attached hydrogens (primary N) is 1. The molecule has 0 bridgehead atoms. The zero-order valence-corrected chi connectivity index (χ0v) is 13.1. The van der Waals surface area contributed by atoms with Crippen molar-refractivity contribution in [2.45, 2.75) is 25.7 Å². The van der Waals surface area contributed by atoms with Crippen molar-refractivity contribution >= 4 is 28.9 Å². The highest BCUT2D eigenvalue weighted by molar-refractivity contribution is 7.80. The van der Waals surface area contributed by atoms with E-state index in [1.807, 2.05) is 11.9 Å². The Morgan fingerprint density at radius 2 is 2.10 bits per heavy atom. The molecule has 21 heavy (non-hydrogen) atoms. The smallest absolute Gasteiger partial charge is 0.241 e. The van der Waals surface area contributed by atoms with Crippen LogP contribution in [0.15, 0.2) is 6.07 Å². The summed E-state index contributed by atoms with van der Waals surface area (Å²) in [7, 11) is 1.83. The number of rotatable bonds is 2. The van der Waals surface area contributed by atoms with Gasteiger partial charge in [0.25, 0.3) is 0 Å². The molecule has 112 valence electrons. The molecule has 2 aliphatic rings. The maximum Gasteiger partial charge on any atom is 0.241 e. The molecule has 2 N–H and O–H groups in total. The molecule has 0 radical (unpaired) electrons. The lowest BCUT2D eigenvalue weighted by atomic mass is 9.94. The first-order valence-corrected chi connectivity index (χ1v) is 7.78. The molecule has 6 heteroatoms. The highest BCUT2D eigenvalue weighted by atomic mass is 32.1. The molecule has 3 rings (SSSR count). The minimum absolute atomic E-state index is 0.106. The zero-order valence-electron chi connectivity index (χ0n) is 12.3. The minimum Gasteiger partial charge on any atom is -0.389 e. The summed E-state index contributed by atoms with van der Waals surface area (Å²) in [6.45, 7) is 1.82. The van der Waals surface area contributed by atoms with E-state index in [0.29, 0.717) is 18.1 Å². The van der Waals surface area contributed by atoms with Crippen molar-refractivity contribution in [3.63, 3.8) is 0 Å². The number of carbonyl (C=O) groups excluding carboxylic acids is 1. The Morgan fingerprint density at radius 1 is 1.33 bits per heavy atom. The first-order chi connectivity index (χ1) is 10.1. The van der Waals surface area contributed by atoms with Gasteiger partial charge in [-0.15, -0.1) is 0 Å². The quantitative estimate of drug-likeness (QED) is 0.822. The maximum absolute atomic E-state index is 11.9. The highest BCUT2D eigenvalue weighted by Gasteiger charge is 2.26. The summed E-state index contributed by atoms with van der Waals surface area (Å²) in [4.78, 5) is 20.9.